The number of rotatable bonds is 8. The van der Waals surface area contributed by atoms with Crippen molar-refractivity contribution in [1.29, 1.82) is 0 Å². The van der Waals surface area contributed by atoms with Crippen LogP contribution in [0.2, 0.25) is 0 Å². The van der Waals surface area contributed by atoms with Crippen LogP contribution in [0.25, 0.3) is 0 Å². The minimum atomic E-state index is -0.162. The maximum atomic E-state index is 12.7. The van der Waals surface area contributed by atoms with Crippen LogP contribution in [0, 0.1) is 0 Å². The van der Waals surface area contributed by atoms with Crippen molar-refractivity contribution in [3.8, 4) is 17.2 Å². The van der Waals surface area contributed by atoms with Crippen molar-refractivity contribution in [2.75, 3.05) is 53.0 Å². The zero-order valence-corrected chi connectivity index (χ0v) is 15.7. The van der Waals surface area contributed by atoms with Crippen molar-refractivity contribution in [2.45, 2.75) is 20.8 Å². The molecule has 0 spiro atoms. The molecule has 0 aromatic heterocycles. The third kappa shape index (κ3) is 5.24. The average Bonchev–Trinajstić information content (AvgIpc) is 2.60. The number of ether oxygens (including phenoxy) is 3. The highest BCUT2D eigenvalue weighted by Crippen LogP contribution is 2.39. The van der Waals surface area contributed by atoms with Crippen molar-refractivity contribution in [1.82, 2.24) is 10.4 Å². The van der Waals surface area contributed by atoms with E-state index in [4.69, 9.17) is 14.2 Å². The molecule has 7 nitrogen and oxygen atoms in total. The molecule has 140 valence electrons. The fourth-order valence-corrected chi connectivity index (χ4v) is 2.73. The van der Waals surface area contributed by atoms with Crippen molar-refractivity contribution < 1.29 is 23.9 Å². The van der Waals surface area contributed by atoms with E-state index in [1.807, 2.05) is 25.8 Å². The maximum absolute atomic E-state index is 12.7. The third-order valence-corrected chi connectivity index (χ3v) is 4.05. The smallest absolute Gasteiger partial charge is 0.265 e. The monoisotopic (exact) mass is 352 g/mol. The molecule has 1 amide bonds. The highest BCUT2D eigenvalue weighted by molar-refractivity contribution is 5.95. The Morgan fingerprint density at radius 3 is 2.04 bits per heavy atom. The number of hydrogen-bond acceptors (Lipinski definition) is 5. The summed E-state index contributed by atoms with van der Waals surface area (Å²) in [7, 11) is 2.16. The number of quaternary nitrogens is 1. The molecule has 0 aliphatic carbocycles. The summed E-state index contributed by atoms with van der Waals surface area (Å²) >= 11 is 0. The van der Waals surface area contributed by atoms with E-state index < -0.39 is 0 Å². The van der Waals surface area contributed by atoms with Crippen molar-refractivity contribution in [3.63, 3.8) is 0 Å². The lowest BCUT2D eigenvalue weighted by Gasteiger charge is -2.30. The maximum Gasteiger partial charge on any atom is 0.265 e. The number of nitrogens with one attached hydrogen (secondary N) is 2. The van der Waals surface area contributed by atoms with E-state index in [1.54, 1.807) is 12.1 Å². The molecule has 0 saturated carbocycles. The predicted octanol–water partition coefficient (Wildman–Crippen LogP) is 0.358. The van der Waals surface area contributed by atoms with E-state index in [0.29, 0.717) is 42.6 Å². The molecule has 2 N–H and O–H groups in total. The molecular formula is C18H30N3O4+. The Morgan fingerprint density at radius 2 is 1.56 bits per heavy atom. The summed E-state index contributed by atoms with van der Waals surface area (Å²) in [6, 6.07) is 3.43. The summed E-state index contributed by atoms with van der Waals surface area (Å²) in [5.41, 5.74) is 3.48. The van der Waals surface area contributed by atoms with E-state index in [1.165, 1.54) is 4.90 Å². The second-order valence-corrected chi connectivity index (χ2v) is 5.99. The van der Waals surface area contributed by atoms with Gasteiger partial charge in [0.15, 0.2) is 11.5 Å². The standard InChI is InChI=1S/C18H29N3O4/c1-5-23-15-12-14(13-16(24-6-2)17(15)25-7-3)18(22)19-21-10-8-20(4)9-11-21/h12-13H,5-11H2,1-4H3,(H,19,22)/p+1. The number of hydrogen-bond donors (Lipinski definition) is 2. The van der Waals surface area contributed by atoms with Crippen molar-refractivity contribution in [3.05, 3.63) is 17.7 Å². The van der Waals surface area contributed by atoms with Crippen molar-refractivity contribution >= 4 is 5.91 Å². The van der Waals surface area contributed by atoms with E-state index >= 15 is 0 Å². The molecule has 1 aromatic carbocycles. The Labute approximate surface area is 149 Å². The number of likely N-dealkylation sites (N-methyl/N-ethyl adjacent to an activating group) is 1. The molecule has 0 atom stereocenters. The lowest BCUT2D eigenvalue weighted by atomic mass is 10.1. The highest BCUT2D eigenvalue weighted by Gasteiger charge is 2.22. The van der Waals surface area contributed by atoms with Gasteiger partial charge in [0, 0.05) is 5.56 Å². The molecule has 7 heteroatoms. The molecule has 0 bridgehead atoms. The number of hydrazine groups is 1. The molecule has 2 rings (SSSR count). The van der Waals surface area contributed by atoms with Crippen LogP contribution in [0.5, 0.6) is 17.2 Å². The second-order valence-electron chi connectivity index (χ2n) is 5.99. The number of amides is 1. The first-order chi connectivity index (χ1) is 12.1. The van der Waals surface area contributed by atoms with Gasteiger partial charge in [0.2, 0.25) is 5.75 Å². The van der Waals surface area contributed by atoms with Gasteiger partial charge < -0.3 is 19.1 Å². The fourth-order valence-electron chi connectivity index (χ4n) is 2.73. The Kier molecular flexibility index (Phi) is 7.33. The Balaban J connectivity index is 2.21. The Morgan fingerprint density at radius 1 is 1.04 bits per heavy atom. The lowest BCUT2D eigenvalue weighted by molar-refractivity contribution is -0.884. The van der Waals surface area contributed by atoms with Gasteiger partial charge in [0.05, 0.1) is 53.0 Å². The van der Waals surface area contributed by atoms with E-state index in [0.717, 1.165) is 26.2 Å². The number of carbonyl (C=O) groups is 1. The van der Waals surface area contributed by atoms with Gasteiger partial charge in [0.25, 0.3) is 5.91 Å². The zero-order valence-electron chi connectivity index (χ0n) is 15.7. The van der Waals surface area contributed by atoms with Gasteiger partial charge in [-0.25, -0.2) is 5.01 Å². The number of piperazine rings is 1. The molecule has 1 fully saturated rings. The first-order valence-electron chi connectivity index (χ1n) is 9.02. The molecule has 1 aromatic rings. The summed E-state index contributed by atoms with van der Waals surface area (Å²) in [5, 5.41) is 1.96. The molecule has 1 aliphatic rings. The van der Waals surface area contributed by atoms with Gasteiger partial charge >= 0.3 is 0 Å². The topological polar surface area (TPSA) is 64.5 Å². The fraction of sp³-hybridized carbons (Fsp3) is 0.611. The SMILES string of the molecule is CCOc1cc(C(=O)NN2CC[NH+](C)CC2)cc(OCC)c1OCC. The van der Waals surface area contributed by atoms with Crippen LogP contribution in [0.15, 0.2) is 12.1 Å². The summed E-state index contributed by atoms with van der Waals surface area (Å²) < 4.78 is 17.0. The van der Waals surface area contributed by atoms with Crippen LogP contribution in [-0.2, 0) is 0 Å². The molecule has 25 heavy (non-hydrogen) atoms. The summed E-state index contributed by atoms with van der Waals surface area (Å²) in [6.07, 6.45) is 0. The quantitative estimate of drug-likeness (QED) is 0.707. The predicted molar refractivity (Wildman–Crippen MR) is 95.6 cm³/mol. The first kappa shape index (κ1) is 19.3. The van der Waals surface area contributed by atoms with Crippen LogP contribution in [0.1, 0.15) is 31.1 Å². The summed E-state index contributed by atoms with van der Waals surface area (Å²) in [6.45, 7) is 10.9. The minimum Gasteiger partial charge on any atom is -0.490 e. The van der Waals surface area contributed by atoms with Crippen LogP contribution in [0.4, 0.5) is 0 Å². The van der Waals surface area contributed by atoms with Gasteiger partial charge in [-0.05, 0) is 32.9 Å². The van der Waals surface area contributed by atoms with Gasteiger partial charge in [-0.3, -0.25) is 10.2 Å². The zero-order chi connectivity index (χ0) is 18.2. The number of carbonyl (C=O) groups excluding carboxylic acids is 1. The van der Waals surface area contributed by atoms with E-state index in [-0.39, 0.29) is 5.91 Å². The first-order valence-corrected chi connectivity index (χ1v) is 9.02. The number of nitrogens with zero attached hydrogens (tertiary/aromatic N) is 1. The van der Waals surface area contributed by atoms with Crippen LogP contribution >= 0.6 is 0 Å². The lowest BCUT2D eigenvalue weighted by Crippen LogP contribution is -3.12. The molecule has 1 heterocycles. The van der Waals surface area contributed by atoms with E-state index in [9.17, 15) is 4.79 Å². The van der Waals surface area contributed by atoms with Crippen LogP contribution in [-0.4, -0.2) is 64.0 Å². The Bertz CT molecular complexity index is 544. The Hall–Kier alpha value is -1.99. The second kappa shape index (κ2) is 9.48. The van der Waals surface area contributed by atoms with Gasteiger partial charge in [-0.1, -0.05) is 0 Å². The normalized spacial score (nSPS) is 15.7. The van der Waals surface area contributed by atoms with Crippen LogP contribution < -0.4 is 24.5 Å². The summed E-state index contributed by atoms with van der Waals surface area (Å²) in [4.78, 5) is 14.1. The third-order valence-electron chi connectivity index (χ3n) is 4.05. The minimum absolute atomic E-state index is 0.162. The average molecular weight is 352 g/mol. The molecule has 1 aliphatic heterocycles. The van der Waals surface area contributed by atoms with Gasteiger partial charge in [0.1, 0.15) is 0 Å². The molecule has 0 unspecified atom stereocenters. The van der Waals surface area contributed by atoms with Crippen molar-refractivity contribution in [2.24, 2.45) is 0 Å². The number of benzene rings is 1. The molecular weight excluding hydrogens is 322 g/mol. The highest BCUT2D eigenvalue weighted by atomic mass is 16.5. The summed E-state index contributed by atoms with van der Waals surface area (Å²) in [5.74, 6) is 1.45. The largest absolute Gasteiger partial charge is 0.490 e. The van der Waals surface area contributed by atoms with Crippen LogP contribution in [0.3, 0.4) is 0 Å². The van der Waals surface area contributed by atoms with E-state index in [2.05, 4.69) is 12.5 Å². The molecule has 0 radical (unpaired) electrons. The molecule has 1 saturated heterocycles. The van der Waals surface area contributed by atoms with Gasteiger partial charge in [-0.15, -0.1) is 0 Å². The van der Waals surface area contributed by atoms with Gasteiger partial charge in [-0.2, -0.15) is 0 Å².